The van der Waals surface area contributed by atoms with Gasteiger partial charge in [-0.3, -0.25) is 9.00 Å². The summed E-state index contributed by atoms with van der Waals surface area (Å²) in [5, 5.41) is 8.61. The molecule has 0 aliphatic rings. The highest BCUT2D eigenvalue weighted by Gasteiger charge is 2.15. The summed E-state index contributed by atoms with van der Waals surface area (Å²) in [5.41, 5.74) is 1.16. The molecule has 2 heterocycles. The Bertz CT molecular complexity index is 1460. The van der Waals surface area contributed by atoms with Gasteiger partial charge in [-0.25, -0.2) is 17.8 Å². The van der Waals surface area contributed by atoms with E-state index in [4.69, 9.17) is 0 Å². The lowest BCUT2D eigenvalue weighted by molar-refractivity contribution is 0.537. The van der Waals surface area contributed by atoms with Crippen molar-refractivity contribution >= 4 is 20.9 Å². The standard InChI is InChI=1S/C20H16N4O5S2/c1-31(28,29)17-4-2-3-15(13-17)23-12-10-19(25)20(22-23)18-9-11-21-24(18)14-5-7-16(8-6-14)30(26)27/h2-13H,1H3,(H,26,27)/p-1. The predicted octanol–water partition coefficient (Wildman–Crippen LogP) is 1.73. The summed E-state index contributed by atoms with van der Waals surface area (Å²) >= 11 is -2.35. The van der Waals surface area contributed by atoms with Crippen molar-refractivity contribution in [1.29, 1.82) is 0 Å². The Hall–Kier alpha value is -3.41. The van der Waals surface area contributed by atoms with E-state index < -0.39 is 20.9 Å². The maximum Gasteiger partial charge on any atom is 0.209 e. The van der Waals surface area contributed by atoms with Gasteiger partial charge in [-0.15, -0.1) is 0 Å². The number of sulfone groups is 1. The summed E-state index contributed by atoms with van der Waals surface area (Å²) in [4.78, 5) is 12.8. The fourth-order valence-corrected chi connectivity index (χ4v) is 3.99. The minimum atomic E-state index is -3.41. The maximum absolute atomic E-state index is 12.6. The molecular weight excluding hydrogens is 440 g/mol. The van der Waals surface area contributed by atoms with E-state index in [9.17, 15) is 22.0 Å². The normalized spacial score (nSPS) is 12.6. The molecule has 0 radical (unpaired) electrons. The van der Waals surface area contributed by atoms with Crippen molar-refractivity contribution in [1.82, 2.24) is 19.6 Å². The van der Waals surface area contributed by atoms with Gasteiger partial charge in [0.25, 0.3) is 0 Å². The largest absolute Gasteiger partial charge is 0.768 e. The SMILES string of the molecule is CS(=O)(=O)c1cccc(-n2ccc(=O)c(-c3ccnn3-c3ccc(S(=O)[O-])cc3)n2)c1. The summed E-state index contributed by atoms with van der Waals surface area (Å²) in [6.07, 6.45) is 4.06. The van der Waals surface area contributed by atoms with Crippen LogP contribution in [0.3, 0.4) is 0 Å². The van der Waals surface area contributed by atoms with Gasteiger partial charge in [-0.05, 0) is 59.6 Å². The number of benzene rings is 2. The molecule has 0 saturated heterocycles. The Labute approximate surface area is 179 Å². The van der Waals surface area contributed by atoms with Crippen molar-refractivity contribution in [3.8, 4) is 22.8 Å². The number of nitrogens with zero attached hydrogens (tertiary/aromatic N) is 4. The average Bonchev–Trinajstić information content (AvgIpc) is 3.23. The third-order valence-corrected chi connectivity index (χ3v) is 6.24. The lowest BCUT2D eigenvalue weighted by Gasteiger charge is -2.11. The molecule has 31 heavy (non-hydrogen) atoms. The van der Waals surface area contributed by atoms with Gasteiger partial charge in [0.2, 0.25) is 5.43 Å². The van der Waals surface area contributed by atoms with E-state index in [0.29, 0.717) is 17.1 Å². The van der Waals surface area contributed by atoms with Gasteiger partial charge in [0.1, 0.15) is 0 Å². The van der Waals surface area contributed by atoms with Crippen molar-refractivity contribution in [2.45, 2.75) is 9.79 Å². The van der Waals surface area contributed by atoms with Crippen LogP contribution >= 0.6 is 0 Å². The Balaban J connectivity index is 1.80. The Morgan fingerprint density at radius 1 is 1.00 bits per heavy atom. The number of hydrogen-bond donors (Lipinski definition) is 0. The van der Waals surface area contributed by atoms with Crippen LogP contribution in [0.25, 0.3) is 22.8 Å². The second kappa shape index (κ2) is 8.02. The zero-order valence-corrected chi connectivity index (χ0v) is 17.7. The lowest BCUT2D eigenvalue weighted by atomic mass is 10.2. The molecule has 0 amide bonds. The van der Waals surface area contributed by atoms with Crippen molar-refractivity contribution in [3.63, 3.8) is 0 Å². The molecule has 4 aromatic rings. The fourth-order valence-electron chi connectivity index (χ4n) is 2.97. The van der Waals surface area contributed by atoms with Gasteiger partial charge >= 0.3 is 0 Å². The van der Waals surface area contributed by atoms with Crippen LogP contribution in [0.1, 0.15) is 0 Å². The van der Waals surface area contributed by atoms with Crippen molar-refractivity contribution in [3.05, 3.63) is 83.3 Å². The van der Waals surface area contributed by atoms with Crippen LogP contribution in [-0.4, -0.2) is 43.0 Å². The number of hydrogen-bond acceptors (Lipinski definition) is 7. The molecular formula is C20H15N4O5S2-. The second-order valence-electron chi connectivity index (χ2n) is 6.60. The molecule has 0 spiro atoms. The summed E-state index contributed by atoms with van der Waals surface area (Å²) in [6, 6.07) is 15.2. The molecule has 11 heteroatoms. The van der Waals surface area contributed by atoms with E-state index in [1.54, 1.807) is 30.3 Å². The third kappa shape index (κ3) is 4.24. The Morgan fingerprint density at radius 2 is 1.74 bits per heavy atom. The van der Waals surface area contributed by atoms with E-state index in [1.165, 1.54) is 52.1 Å². The van der Waals surface area contributed by atoms with Gasteiger partial charge in [0.15, 0.2) is 15.5 Å². The molecule has 0 saturated carbocycles. The first kappa shape index (κ1) is 20.8. The molecule has 9 nitrogen and oxygen atoms in total. The van der Waals surface area contributed by atoms with Crippen LogP contribution in [0, 0.1) is 0 Å². The van der Waals surface area contributed by atoms with E-state index >= 15 is 0 Å². The number of aromatic nitrogens is 4. The Morgan fingerprint density at radius 3 is 2.42 bits per heavy atom. The molecule has 0 fully saturated rings. The highest BCUT2D eigenvalue weighted by Crippen LogP contribution is 2.20. The highest BCUT2D eigenvalue weighted by atomic mass is 32.2. The lowest BCUT2D eigenvalue weighted by Crippen LogP contribution is -2.15. The molecule has 158 valence electrons. The quantitative estimate of drug-likeness (QED) is 0.419. The van der Waals surface area contributed by atoms with Gasteiger partial charge in [0.05, 0.1) is 28.2 Å². The second-order valence-corrected chi connectivity index (χ2v) is 9.56. The first-order chi connectivity index (χ1) is 14.7. The van der Waals surface area contributed by atoms with E-state index in [2.05, 4.69) is 10.2 Å². The fraction of sp³-hybridized carbons (Fsp3) is 0.0500. The maximum atomic E-state index is 12.6. The summed E-state index contributed by atoms with van der Waals surface area (Å²) < 4.78 is 48.8. The molecule has 1 atom stereocenters. The van der Waals surface area contributed by atoms with Crippen molar-refractivity contribution in [2.75, 3.05) is 6.26 Å². The summed E-state index contributed by atoms with van der Waals surface area (Å²) in [7, 11) is -3.41. The molecule has 4 rings (SSSR count). The zero-order valence-electron chi connectivity index (χ0n) is 16.1. The summed E-state index contributed by atoms with van der Waals surface area (Å²) in [6.45, 7) is 0. The molecule has 0 N–H and O–H groups in total. The third-order valence-electron chi connectivity index (χ3n) is 4.48. The van der Waals surface area contributed by atoms with Crippen LogP contribution in [-0.2, 0) is 20.9 Å². The van der Waals surface area contributed by atoms with Crippen molar-refractivity contribution in [2.24, 2.45) is 0 Å². The molecule has 2 aromatic carbocycles. The Kier molecular flexibility index (Phi) is 5.39. The topological polar surface area (TPSA) is 127 Å². The molecule has 1 unspecified atom stereocenters. The molecule has 0 aliphatic heterocycles. The predicted molar refractivity (Wildman–Crippen MR) is 113 cm³/mol. The zero-order chi connectivity index (χ0) is 22.2. The van der Waals surface area contributed by atoms with Crippen LogP contribution in [0.5, 0.6) is 0 Å². The monoisotopic (exact) mass is 455 g/mol. The molecule has 2 aromatic heterocycles. The highest BCUT2D eigenvalue weighted by molar-refractivity contribution is 7.90. The average molecular weight is 455 g/mol. The van der Waals surface area contributed by atoms with Crippen LogP contribution in [0.15, 0.2) is 87.6 Å². The van der Waals surface area contributed by atoms with Crippen LogP contribution in [0.2, 0.25) is 0 Å². The van der Waals surface area contributed by atoms with Gasteiger partial charge in [-0.1, -0.05) is 6.07 Å². The van der Waals surface area contributed by atoms with Gasteiger partial charge in [-0.2, -0.15) is 10.2 Å². The first-order valence-corrected chi connectivity index (χ1v) is 11.9. The van der Waals surface area contributed by atoms with E-state index in [1.807, 2.05) is 0 Å². The number of rotatable bonds is 5. The first-order valence-electron chi connectivity index (χ1n) is 8.88. The van der Waals surface area contributed by atoms with Gasteiger partial charge in [0, 0.05) is 23.4 Å². The smallest absolute Gasteiger partial charge is 0.209 e. The minimum Gasteiger partial charge on any atom is -0.768 e. The van der Waals surface area contributed by atoms with Crippen LogP contribution in [0.4, 0.5) is 0 Å². The molecule has 0 aliphatic carbocycles. The molecule has 0 bridgehead atoms. The van der Waals surface area contributed by atoms with E-state index in [-0.39, 0.29) is 20.9 Å². The summed E-state index contributed by atoms with van der Waals surface area (Å²) in [5.74, 6) is 0. The van der Waals surface area contributed by atoms with E-state index in [0.717, 1.165) is 6.26 Å². The van der Waals surface area contributed by atoms with Crippen LogP contribution < -0.4 is 5.43 Å². The van der Waals surface area contributed by atoms with Crippen molar-refractivity contribution < 1.29 is 17.2 Å². The minimum absolute atomic E-state index is 0.0984. The van der Waals surface area contributed by atoms with Gasteiger partial charge < -0.3 is 4.55 Å².